The third kappa shape index (κ3) is 5.47. The highest BCUT2D eigenvalue weighted by atomic mass is 16.5. The van der Waals surface area contributed by atoms with E-state index >= 15 is 0 Å². The number of hydrogen-bond donors (Lipinski definition) is 2. The molecule has 0 spiro atoms. The first-order valence-corrected chi connectivity index (χ1v) is 7.31. The van der Waals surface area contributed by atoms with Gasteiger partial charge in [0.05, 0.1) is 13.2 Å². The molecule has 5 heteroatoms. The van der Waals surface area contributed by atoms with Gasteiger partial charge in [-0.2, -0.15) is 0 Å². The second-order valence-corrected chi connectivity index (χ2v) is 5.35. The molecule has 5 nitrogen and oxygen atoms in total. The number of ether oxygens (including phenoxy) is 1. The highest BCUT2D eigenvalue weighted by molar-refractivity contribution is 5.79. The number of aliphatic hydroxyl groups is 1. The van der Waals surface area contributed by atoms with Crippen LogP contribution in [0, 0.1) is 11.8 Å². The monoisotopic (exact) mass is 272 g/mol. The Kier molecular flexibility index (Phi) is 8.02. The Hall–Kier alpha value is -0.650. The fraction of sp³-hybridized carbons (Fsp3) is 0.929. The average Bonchev–Trinajstić information content (AvgIpc) is 2.43. The minimum atomic E-state index is 0.00834. The largest absolute Gasteiger partial charge is 0.395 e. The average molecular weight is 272 g/mol. The van der Waals surface area contributed by atoms with Gasteiger partial charge in [0.1, 0.15) is 0 Å². The smallest absolute Gasteiger partial charge is 0.225 e. The van der Waals surface area contributed by atoms with Crippen molar-refractivity contribution >= 4 is 5.91 Å². The number of nitrogens with zero attached hydrogens (tertiary/aromatic N) is 1. The lowest BCUT2D eigenvalue weighted by molar-refractivity contribution is -0.138. The molecule has 0 aromatic carbocycles. The lowest BCUT2D eigenvalue weighted by Gasteiger charge is -2.32. The number of carbonyl (C=O) groups is 1. The van der Waals surface area contributed by atoms with Gasteiger partial charge in [0.2, 0.25) is 5.91 Å². The third-order valence-corrected chi connectivity index (χ3v) is 3.95. The molecule has 2 atom stereocenters. The van der Waals surface area contributed by atoms with Crippen LogP contribution in [-0.2, 0) is 9.53 Å². The summed E-state index contributed by atoms with van der Waals surface area (Å²) >= 11 is 0. The molecule has 1 aliphatic rings. The zero-order valence-corrected chi connectivity index (χ0v) is 12.0. The number of methoxy groups -OCH3 is 1. The van der Waals surface area contributed by atoms with Crippen LogP contribution in [0.2, 0.25) is 0 Å². The minimum Gasteiger partial charge on any atom is -0.395 e. The summed E-state index contributed by atoms with van der Waals surface area (Å²) in [6.45, 7) is 2.20. The predicted octanol–water partition coefficient (Wildman–Crippen LogP) is 0.609. The topological polar surface area (TPSA) is 75.8 Å². The van der Waals surface area contributed by atoms with Crippen LogP contribution in [0.15, 0.2) is 0 Å². The fourth-order valence-corrected chi connectivity index (χ4v) is 2.93. The molecule has 0 saturated heterocycles. The van der Waals surface area contributed by atoms with Gasteiger partial charge in [-0.15, -0.1) is 0 Å². The summed E-state index contributed by atoms with van der Waals surface area (Å²) in [4.78, 5) is 14.2. The zero-order chi connectivity index (χ0) is 14.1. The molecule has 0 aromatic heterocycles. The summed E-state index contributed by atoms with van der Waals surface area (Å²) in [5.41, 5.74) is 5.61. The van der Waals surface area contributed by atoms with Crippen molar-refractivity contribution in [1.29, 1.82) is 0 Å². The summed E-state index contributed by atoms with van der Waals surface area (Å²) in [6, 6.07) is 0. The Morgan fingerprint density at radius 1 is 1.42 bits per heavy atom. The molecule has 1 rings (SSSR count). The maximum absolute atomic E-state index is 12.5. The predicted molar refractivity (Wildman–Crippen MR) is 74.7 cm³/mol. The summed E-state index contributed by atoms with van der Waals surface area (Å²) in [5, 5.41) is 9.07. The van der Waals surface area contributed by atoms with Crippen LogP contribution in [-0.4, -0.2) is 55.9 Å². The Morgan fingerprint density at radius 3 is 2.84 bits per heavy atom. The van der Waals surface area contributed by atoms with Crippen LogP contribution in [0.5, 0.6) is 0 Å². The van der Waals surface area contributed by atoms with Gasteiger partial charge >= 0.3 is 0 Å². The Bertz CT molecular complexity index is 259. The highest BCUT2D eigenvalue weighted by Gasteiger charge is 2.29. The van der Waals surface area contributed by atoms with Crippen molar-refractivity contribution in [3.63, 3.8) is 0 Å². The van der Waals surface area contributed by atoms with Crippen molar-refractivity contribution in [3.05, 3.63) is 0 Å². The first-order valence-electron chi connectivity index (χ1n) is 7.31. The summed E-state index contributed by atoms with van der Waals surface area (Å²) < 4.78 is 5.02. The maximum atomic E-state index is 12.5. The molecule has 2 unspecified atom stereocenters. The SMILES string of the molecule is COCCN(CCO)C(=O)C1CCCC(CCN)C1. The molecule has 1 fully saturated rings. The first kappa shape index (κ1) is 16.4. The van der Waals surface area contributed by atoms with Crippen LogP contribution in [0.25, 0.3) is 0 Å². The van der Waals surface area contributed by atoms with Gasteiger partial charge < -0.3 is 20.5 Å². The molecule has 0 aliphatic heterocycles. The van der Waals surface area contributed by atoms with E-state index in [1.54, 1.807) is 12.0 Å². The van der Waals surface area contributed by atoms with E-state index < -0.39 is 0 Å². The molecule has 0 bridgehead atoms. The van der Waals surface area contributed by atoms with Gasteiger partial charge in [0.25, 0.3) is 0 Å². The van der Waals surface area contributed by atoms with Crippen molar-refractivity contribution in [2.75, 3.05) is 40.0 Å². The summed E-state index contributed by atoms with van der Waals surface area (Å²) in [7, 11) is 1.62. The van der Waals surface area contributed by atoms with Crippen LogP contribution >= 0.6 is 0 Å². The second kappa shape index (κ2) is 9.28. The van der Waals surface area contributed by atoms with Gasteiger partial charge in [0.15, 0.2) is 0 Å². The zero-order valence-electron chi connectivity index (χ0n) is 12.0. The highest BCUT2D eigenvalue weighted by Crippen LogP contribution is 2.31. The van der Waals surface area contributed by atoms with Gasteiger partial charge in [-0.25, -0.2) is 0 Å². The van der Waals surface area contributed by atoms with Crippen LogP contribution in [0.3, 0.4) is 0 Å². The number of hydrogen-bond acceptors (Lipinski definition) is 4. The third-order valence-electron chi connectivity index (χ3n) is 3.95. The number of rotatable bonds is 8. The molecule has 0 aromatic rings. The molecule has 0 heterocycles. The Morgan fingerprint density at radius 2 is 2.21 bits per heavy atom. The lowest BCUT2D eigenvalue weighted by atomic mass is 9.79. The van der Waals surface area contributed by atoms with Crippen LogP contribution < -0.4 is 5.73 Å². The second-order valence-electron chi connectivity index (χ2n) is 5.35. The Labute approximate surface area is 116 Å². The van der Waals surface area contributed by atoms with E-state index in [4.69, 9.17) is 15.6 Å². The van der Waals surface area contributed by atoms with E-state index in [1.165, 1.54) is 6.42 Å². The number of nitrogens with two attached hydrogens (primary N) is 1. The fourth-order valence-electron chi connectivity index (χ4n) is 2.93. The van der Waals surface area contributed by atoms with E-state index in [-0.39, 0.29) is 18.4 Å². The van der Waals surface area contributed by atoms with E-state index in [1.807, 2.05) is 0 Å². The van der Waals surface area contributed by atoms with Crippen molar-refractivity contribution in [2.45, 2.75) is 32.1 Å². The van der Waals surface area contributed by atoms with Crippen molar-refractivity contribution < 1.29 is 14.6 Å². The van der Waals surface area contributed by atoms with Gasteiger partial charge in [0, 0.05) is 26.1 Å². The number of amides is 1. The quantitative estimate of drug-likeness (QED) is 0.679. The molecule has 3 N–H and O–H groups in total. The Balaban J connectivity index is 2.51. The molecular weight excluding hydrogens is 244 g/mol. The summed E-state index contributed by atoms with van der Waals surface area (Å²) in [6.07, 6.45) is 5.24. The van der Waals surface area contributed by atoms with E-state index in [9.17, 15) is 4.79 Å². The van der Waals surface area contributed by atoms with Crippen LogP contribution in [0.4, 0.5) is 0 Å². The first-order chi connectivity index (χ1) is 9.22. The normalized spacial score (nSPS) is 23.3. The minimum absolute atomic E-state index is 0.00834. The molecule has 1 saturated carbocycles. The van der Waals surface area contributed by atoms with E-state index in [0.29, 0.717) is 32.2 Å². The summed E-state index contributed by atoms with van der Waals surface area (Å²) in [5.74, 6) is 0.868. The molecule has 0 radical (unpaired) electrons. The number of carbonyl (C=O) groups excluding carboxylic acids is 1. The number of aliphatic hydroxyl groups excluding tert-OH is 1. The molecule has 112 valence electrons. The van der Waals surface area contributed by atoms with Crippen molar-refractivity contribution in [1.82, 2.24) is 4.90 Å². The molecule has 1 amide bonds. The van der Waals surface area contributed by atoms with Gasteiger partial charge in [-0.3, -0.25) is 4.79 Å². The van der Waals surface area contributed by atoms with Crippen LogP contribution in [0.1, 0.15) is 32.1 Å². The van der Waals surface area contributed by atoms with Gasteiger partial charge in [-0.05, 0) is 31.7 Å². The van der Waals surface area contributed by atoms with Gasteiger partial charge in [-0.1, -0.05) is 12.8 Å². The molecular formula is C14H28N2O3. The van der Waals surface area contributed by atoms with E-state index in [0.717, 1.165) is 25.7 Å². The lowest BCUT2D eigenvalue weighted by Crippen LogP contribution is -2.41. The standard InChI is InChI=1S/C14H28N2O3/c1-19-10-8-16(7-9-17)14(18)13-4-2-3-12(11-13)5-6-15/h12-13,17H,2-11,15H2,1H3. The maximum Gasteiger partial charge on any atom is 0.225 e. The van der Waals surface area contributed by atoms with Crippen molar-refractivity contribution in [2.24, 2.45) is 17.6 Å². The molecule has 19 heavy (non-hydrogen) atoms. The van der Waals surface area contributed by atoms with E-state index in [2.05, 4.69) is 0 Å². The van der Waals surface area contributed by atoms with Crippen molar-refractivity contribution in [3.8, 4) is 0 Å². The molecule has 1 aliphatic carbocycles.